The maximum Gasteiger partial charge on any atom is 0.349 e. The number of carbonyl (C=O) groups excluding carboxylic acids is 2. The van der Waals surface area contributed by atoms with Crippen LogP contribution < -0.4 is 5.32 Å². The quantitative estimate of drug-likeness (QED) is 0.742. The van der Waals surface area contributed by atoms with E-state index in [1.54, 1.807) is 13.0 Å². The summed E-state index contributed by atoms with van der Waals surface area (Å²) >= 11 is 1.36. The first-order valence-corrected chi connectivity index (χ1v) is 7.74. The van der Waals surface area contributed by atoms with E-state index in [-0.39, 0.29) is 12.5 Å². The zero-order valence-electron chi connectivity index (χ0n) is 12.6. The van der Waals surface area contributed by atoms with E-state index in [0.29, 0.717) is 10.6 Å². The molecule has 6 nitrogen and oxygen atoms in total. The molecule has 3 aromatic rings. The van der Waals surface area contributed by atoms with Crippen molar-refractivity contribution in [2.24, 2.45) is 0 Å². The van der Waals surface area contributed by atoms with Crippen molar-refractivity contribution in [2.75, 3.05) is 11.9 Å². The van der Waals surface area contributed by atoms with Gasteiger partial charge in [0.05, 0.1) is 5.69 Å². The van der Waals surface area contributed by atoms with Gasteiger partial charge in [0, 0.05) is 10.8 Å². The van der Waals surface area contributed by atoms with Crippen LogP contribution >= 0.6 is 11.3 Å². The van der Waals surface area contributed by atoms with Crippen LogP contribution in [-0.4, -0.2) is 23.6 Å². The van der Waals surface area contributed by atoms with Gasteiger partial charge < -0.3 is 9.26 Å². The number of nitrogens with zero attached hydrogens (tertiary/aromatic N) is 1. The van der Waals surface area contributed by atoms with Crippen LogP contribution in [0, 0.1) is 13.8 Å². The van der Waals surface area contributed by atoms with Crippen molar-refractivity contribution in [3.8, 4) is 0 Å². The lowest BCUT2D eigenvalue weighted by molar-refractivity contribution is -0.119. The fourth-order valence-electron chi connectivity index (χ4n) is 2.16. The van der Waals surface area contributed by atoms with Crippen molar-refractivity contribution in [1.29, 1.82) is 0 Å². The van der Waals surface area contributed by atoms with Gasteiger partial charge in [-0.2, -0.15) is 0 Å². The van der Waals surface area contributed by atoms with Crippen LogP contribution in [0.2, 0.25) is 0 Å². The highest BCUT2D eigenvalue weighted by Crippen LogP contribution is 2.30. The lowest BCUT2D eigenvalue weighted by Crippen LogP contribution is -2.20. The first-order valence-electron chi connectivity index (χ1n) is 6.93. The number of fused-ring (bicyclic) bond motifs is 1. The van der Waals surface area contributed by atoms with Gasteiger partial charge in [0.25, 0.3) is 5.91 Å². The largest absolute Gasteiger partial charge is 0.451 e. The molecule has 118 valence electrons. The number of hydrogen-bond acceptors (Lipinski definition) is 6. The Hall–Kier alpha value is -2.67. The number of anilines is 1. The Morgan fingerprint density at radius 2 is 2.09 bits per heavy atom. The number of thiophene rings is 1. The standard InChI is InChI=1S/C16H14N2O4S/c1-9-7-14(22-18-9)17-13(19)8-21-16(20)15-10(2)11-5-3-4-6-12(11)23-15/h3-7H,8H2,1-2H3,(H,17,19). The SMILES string of the molecule is Cc1cc(NC(=O)COC(=O)c2sc3ccccc3c2C)on1. The molecule has 1 N–H and O–H groups in total. The number of nitrogens with one attached hydrogen (secondary N) is 1. The van der Waals surface area contributed by atoms with Gasteiger partial charge in [-0.1, -0.05) is 23.4 Å². The third-order valence-electron chi connectivity index (χ3n) is 3.25. The van der Waals surface area contributed by atoms with Crippen LogP contribution in [0.1, 0.15) is 20.9 Å². The second kappa shape index (κ2) is 6.21. The number of aromatic nitrogens is 1. The fourth-order valence-corrected chi connectivity index (χ4v) is 3.26. The highest BCUT2D eigenvalue weighted by Gasteiger charge is 2.18. The molecule has 1 aromatic carbocycles. The summed E-state index contributed by atoms with van der Waals surface area (Å²) in [7, 11) is 0. The molecule has 0 unspecified atom stereocenters. The average molecular weight is 330 g/mol. The minimum atomic E-state index is -0.507. The molecule has 2 aromatic heterocycles. The number of carbonyl (C=O) groups is 2. The van der Waals surface area contributed by atoms with Crippen molar-refractivity contribution in [1.82, 2.24) is 5.16 Å². The van der Waals surface area contributed by atoms with Crippen LogP contribution in [0.15, 0.2) is 34.9 Å². The van der Waals surface area contributed by atoms with Crippen LogP contribution in [0.3, 0.4) is 0 Å². The maximum atomic E-state index is 12.2. The third-order valence-corrected chi connectivity index (χ3v) is 4.51. The Bertz CT molecular complexity index is 881. The zero-order chi connectivity index (χ0) is 16.4. The number of hydrogen-bond donors (Lipinski definition) is 1. The maximum absolute atomic E-state index is 12.2. The Kier molecular flexibility index (Phi) is 4.12. The summed E-state index contributed by atoms with van der Waals surface area (Å²) in [5.74, 6) is -0.762. The number of rotatable bonds is 4. The molecule has 3 rings (SSSR count). The van der Waals surface area contributed by atoms with Crippen molar-refractivity contribution in [3.05, 3.63) is 46.5 Å². The van der Waals surface area contributed by atoms with Gasteiger partial charge in [-0.3, -0.25) is 10.1 Å². The van der Waals surface area contributed by atoms with Crippen LogP contribution in [-0.2, 0) is 9.53 Å². The summed E-state index contributed by atoms with van der Waals surface area (Å²) < 4.78 is 11.0. The van der Waals surface area contributed by atoms with Gasteiger partial charge in [-0.05, 0) is 30.9 Å². The summed E-state index contributed by atoms with van der Waals surface area (Å²) in [6.07, 6.45) is 0. The van der Waals surface area contributed by atoms with Gasteiger partial charge in [-0.25, -0.2) is 4.79 Å². The number of aryl methyl sites for hydroxylation is 2. The van der Waals surface area contributed by atoms with Gasteiger partial charge in [0.15, 0.2) is 6.61 Å². The minimum Gasteiger partial charge on any atom is -0.451 e. The third kappa shape index (κ3) is 3.24. The number of amides is 1. The minimum absolute atomic E-state index is 0.224. The second-order valence-corrected chi connectivity index (χ2v) is 6.06. The van der Waals surface area contributed by atoms with E-state index in [1.165, 1.54) is 11.3 Å². The molecule has 0 aliphatic carbocycles. The van der Waals surface area contributed by atoms with E-state index in [2.05, 4.69) is 10.5 Å². The summed E-state index contributed by atoms with van der Waals surface area (Å²) in [6.45, 7) is 3.22. The highest BCUT2D eigenvalue weighted by molar-refractivity contribution is 7.21. The van der Waals surface area contributed by atoms with Gasteiger partial charge in [-0.15, -0.1) is 11.3 Å². The lowest BCUT2D eigenvalue weighted by atomic mass is 10.1. The summed E-state index contributed by atoms with van der Waals surface area (Å²) in [5, 5.41) is 7.14. The average Bonchev–Trinajstić information content (AvgIpc) is 3.09. The van der Waals surface area contributed by atoms with Crippen LogP contribution in [0.4, 0.5) is 5.88 Å². The van der Waals surface area contributed by atoms with E-state index in [0.717, 1.165) is 15.6 Å². The Morgan fingerprint density at radius 1 is 1.30 bits per heavy atom. The van der Waals surface area contributed by atoms with E-state index in [9.17, 15) is 9.59 Å². The lowest BCUT2D eigenvalue weighted by Gasteiger charge is -2.03. The monoisotopic (exact) mass is 330 g/mol. The molecule has 2 heterocycles. The number of esters is 1. The van der Waals surface area contributed by atoms with Crippen LogP contribution in [0.5, 0.6) is 0 Å². The predicted molar refractivity (Wildman–Crippen MR) is 86.7 cm³/mol. The smallest absolute Gasteiger partial charge is 0.349 e. The highest BCUT2D eigenvalue weighted by atomic mass is 32.1. The van der Waals surface area contributed by atoms with Crippen molar-refractivity contribution < 1.29 is 18.8 Å². The molecule has 7 heteroatoms. The van der Waals surface area contributed by atoms with E-state index < -0.39 is 11.9 Å². The molecule has 0 spiro atoms. The predicted octanol–water partition coefficient (Wildman–Crippen LogP) is 3.30. The molecule has 0 bridgehead atoms. The first-order chi connectivity index (χ1) is 11.0. The first kappa shape index (κ1) is 15.2. The number of ether oxygens (including phenoxy) is 1. The Labute approximate surface area is 136 Å². The van der Waals surface area contributed by atoms with E-state index in [4.69, 9.17) is 9.26 Å². The molecule has 1 amide bonds. The molecule has 0 atom stereocenters. The zero-order valence-corrected chi connectivity index (χ0v) is 13.4. The fraction of sp³-hybridized carbons (Fsp3) is 0.188. The van der Waals surface area contributed by atoms with Crippen LogP contribution in [0.25, 0.3) is 10.1 Å². The molecule has 0 aliphatic heterocycles. The van der Waals surface area contributed by atoms with E-state index >= 15 is 0 Å². The van der Waals surface area contributed by atoms with Crippen molar-refractivity contribution in [2.45, 2.75) is 13.8 Å². The van der Waals surface area contributed by atoms with Crippen molar-refractivity contribution >= 4 is 39.2 Å². The normalized spacial score (nSPS) is 10.7. The number of benzene rings is 1. The summed E-state index contributed by atoms with van der Waals surface area (Å²) in [6, 6.07) is 9.32. The molecule has 23 heavy (non-hydrogen) atoms. The summed E-state index contributed by atoms with van der Waals surface area (Å²) in [4.78, 5) is 24.4. The molecular formula is C16H14N2O4S. The van der Waals surface area contributed by atoms with Crippen molar-refractivity contribution in [3.63, 3.8) is 0 Å². The molecule has 0 radical (unpaired) electrons. The molecule has 0 saturated heterocycles. The molecular weight excluding hydrogens is 316 g/mol. The van der Waals surface area contributed by atoms with E-state index in [1.807, 2.05) is 31.2 Å². The molecule has 0 aliphatic rings. The Balaban J connectivity index is 1.64. The topological polar surface area (TPSA) is 81.4 Å². The summed E-state index contributed by atoms with van der Waals surface area (Å²) in [5.41, 5.74) is 1.51. The second-order valence-electron chi connectivity index (χ2n) is 5.01. The Morgan fingerprint density at radius 3 is 2.78 bits per heavy atom. The molecule has 0 fully saturated rings. The van der Waals surface area contributed by atoms with Gasteiger partial charge >= 0.3 is 5.97 Å². The van der Waals surface area contributed by atoms with Gasteiger partial charge in [0.2, 0.25) is 5.88 Å². The molecule has 0 saturated carbocycles. The van der Waals surface area contributed by atoms with Gasteiger partial charge in [0.1, 0.15) is 4.88 Å².